The van der Waals surface area contributed by atoms with Gasteiger partial charge >= 0.3 is 0 Å². The van der Waals surface area contributed by atoms with Crippen LogP contribution in [0.15, 0.2) is 12.1 Å². The molecule has 0 spiro atoms. The average molecular weight is 259 g/mol. The summed E-state index contributed by atoms with van der Waals surface area (Å²) >= 11 is 0. The molecule has 2 rings (SSSR count). The van der Waals surface area contributed by atoms with Gasteiger partial charge in [0, 0.05) is 18.0 Å². The van der Waals surface area contributed by atoms with Gasteiger partial charge < -0.3 is 10.4 Å². The third-order valence-electron chi connectivity index (χ3n) is 3.81. The van der Waals surface area contributed by atoms with E-state index in [0.29, 0.717) is 12.0 Å². The minimum absolute atomic E-state index is 0.0867. The van der Waals surface area contributed by atoms with Gasteiger partial charge in [-0.25, -0.2) is 13.2 Å². The summed E-state index contributed by atoms with van der Waals surface area (Å²) in [5, 5.41) is 12.7. The fourth-order valence-corrected chi connectivity index (χ4v) is 2.20. The Labute approximate surface area is 104 Å². The third-order valence-corrected chi connectivity index (χ3v) is 3.81. The average Bonchev–Trinajstić information content (AvgIpc) is 2.31. The number of aliphatic hydroxyl groups is 1. The van der Waals surface area contributed by atoms with E-state index in [4.69, 9.17) is 0 Å². The molecule has 2 N–H and O–H groups in total. The van der Waals surface area contributed by atoms with Crippen molar-refractivity contribution in [1.82, 2.24) is 5.32 Å². The Kier molecular flexibility index (Phi) is 3.38. The topological polar surface area (TPSA) is 32.3 Å². The van der Waals surface area contributed by atoms with Crippen molar-refractivity contribution in [1.29, 1.82) is 0 Å². The molecule has 2 atom stereocenters. The quantitative estimate of drug-likeness (QED) is 0.817. The highest BCUT2D eigenvalue weighted by molar-refractivity contribution is 5.19. The zero-order valence-corrected chi connectivity index (χ0v) is 10.3. The largest absolute Gasteiger partial charge is 0.392 e. The van der Waals surface area contributed by atoms with E-state index in [-0.39, 0.29) is 24.1 Å². The van der Waals surface area contributed by atoms with Crippen LogP contribution in [0.4, 0.5) is 13.2 Å². The Morgan fingerprint density at radius 3 is 2.28 bits per heavy atom. The zero-order valence-electron chi connectivity index (χ0n) is 10.3. The first kappa shape index (κ1) is 13.4. The summed E-state index contributed by atoms with van der Waals surface area (Å²) < 4.78 is 38.7. The molecule has 1 aromatic carbocycles. The van der Waals surface area contributed by atoms with Gasteiger partial charge in [-0.3, -0.25) is 0 Å². The second-order valence-corrected chi connectivity index (χ2v) is 5.38. The molecule has 18 heavy (non-hydrogen) atoms. The van der Waals surface area contributed by atoms with Gasteiger partial charge in [-0.15, -0.1) is 0 Å². The smallest absolute Gasteiger partial charge is 0.194 e. The molecular formula is C13H16F3NO. The highest BCUT2D eigenvalue weighted by Crippen LogP contribution is 2.40. The molecule has 0 saturated heterocycles. The van der Waals surface area contributed by atoms with Crippen LogP contribution in [0.3, 0.4) is 0 Å². The molecule has 100 valence electrons. The maximum Gasteiger partial charge on any atom is 0.194 e. The van der Waals surface area contributed by atoms with Gasteiger partial charge in [0.1, 0.15) is 0 Å². The fraction of sp³-hybridized carbons (Fsp3) is 0.538. The van der Waals surface area contributed by atoms with Gasteiger partial charge in [0.2, 0.25) is 0 Å². The molecule has 1 fully saturated rings. The maximum atomic E-state index is 13.0. The number of hydrogen-bond donors (Lipinski definition) is 2. The van der Waals surface area contributed by atoms with Crippen LogP contribution in [0.2, 0.25) is 0 Å². The summed E-state index contributed by atoms with van der Waals surface area (Å²) in [7, 11) is 0. The van der Waals surface area contributed by atoms with E-state index >= 15 is 0 Å². The maximum absolute atomic E-state index is 13.0. The molecule has 0 aliphatic heterocycles. The lowest BCUT2D eigenvalue weighted by Gasteiger charge is -2.49. The summed E-state index contributed by atoms with van der Waals surface area (Å²) in [6.07, 6.45) is 0.246. The summed E-state index contributed by atoms with van der Waals surface area (Å²) in [5.74, 6) is -3.81. The van der Waals surface area contributed by atoms with Gasteiger partial charge in [0.25, 0.3) is 0 Å². The molecule has 5 heteroatoms. The molecule has 0 radical (unpaired) electrons. The van der Waals surface area contributed by atoms with Crippen LogP contribution in [0.1, 0.15) is 25.8 Å². The first-order valence-corrected chi connectivity index (χ1v) is 5.87. The van der Waals surface area contributed by atoms with Crippen molar-refractivity contribution in [2.45, 2.75) is 39.0 Å². The molecule has 0 amide bonds. The molecule has 0 aromatic heterocycles. The lowest BCUT2D eigenvalue weighted by atomic mass is 9.64. The van der Waals surface area contributed by atoms with E-state index in [1.165, 1.54) is 0 Å². The number of hydrogen-bond acceptors (Lipinski definition) is 2. The van der Waals surface area contributed by atoms with Gasteiger partial charge in [-0.05, 0) is 24.1 Å². The number of halogens is 3. The lowest BCUT2D eigenvalue weighted by molar-refractivity contribution is -0.0730. The molecule has 1 saturated carbocycles. The number of aliphatic hydroxyl groups excluding tert-OH is 1. The Hall–Kier alpha value is -1.07. The Morgan fingerprint density at radius 2 is 1.83 bits per heavy atom. The van der Waals surface area contributed by atoms with Crippen molar-refractivity contribution in [2.75, 3.05) is 0 Å². The summed E-state index contributed by atoms with van der Waals surface area (Å²) in [6.45, 7) is 4.09. The highest BCUT2D eigenvalue weighted by atomic mass is 19.2. The van der Waals surface area contributed by atoms with Crippen LogP contribution in [0.5, 0.6) is 0 Å². The van der Waals surface area contributed by atoms with Crippen molar-refractivity contribution < 1.29 is 18.3 Å². The number of nitrogens with one attached hydrogen (secondary N) is 1. The Balaban J connectivity index is 2.00. The van der Waals surface area contributed by atoms with Crippen molar-refractivity contribution >= 4 is 0 Å². The van der Waals surface area contributed by atoms with Crippen molar-refractivity contribution in [3.63, 3.8) is 0 Å². The van der Waals surface area contributed by atoms with Crippen molar-refractivity contribution in [3.8, 4) is 0 Å². The SMILES string of the molecule is CC1(C)C(O)CC1NCc1cc(F)c(F)c(F)c1. The molecule has 0 heterocycles. The number of rotatable bonds is 3. The second kappa shape index (κ2) is 4.55. The Bertz CT molecular complexity index is 439. The minimum Gasteiger partial charge on any atom is -0.392 e. The van der Waals surface area contributed by atoms with Gasteiger partial charge in [0.15, 0.2) is 17.5 Å². The van der Waals surface area contributed by atoms with E-state index in [9.17, 15) is 18.3 Å². The highest BCUT2D eigenvalue weighted by Gasteiger charge is 2.46. The normalized spacial score (nSPS) is 25.9. The van der Waals surface area contributed by atoms with Crippen LogP contribution < -0.4 is 5.32 Å². The van der Waals surface area contributed by atoms with E-state index < -0.39 is 17.5 Å². The van der Waals surface area contributed by atoms with Crippen LogP contribution in [-0.2, 0) is 6.54 Å². The first-order chi connectivity index (χ1) is 8.32. The zero-order chi connectivity index (χ0) is 13.5. The standard InChI is InChI=1S/C13H16F3NO/c1-13(2)10(5-11(13)18)17-6-7-3-8(14)12(16)9(15)4-7/h3-4,10-11,17-18H,5-6H2,1-2H3. The fourth-order valence-electron chi connectivity index (χ4n) is 2.20. The first-order valence-electron chi connectivity index (χ1n) is 5.87. The molecule has 1 aliphatic carbocycles. The number of benzene rings is 1. The summed E-state index contributed by atoms with van der Waals surface area (Å²) in [5.41, 5.74) is 0.0977. The molecule has 1 aromatic rings. The summed E-state index contributed by atoms with van der Waals surface area (Å²) in [4.78, 5) is 0. The van der Waals surface area contributed by atoms with E-state index in [1.807, 2.05) is 13.8 Å². The predicted molar refractivity (Wildman–Crippen MR) is 61.3 cm³/mol. The van der Waals surface area contributed by atoms with E-state index in [0.717, 1.165) is 12.1 Å². The second-order valence-electron chi connectivity index (χ2n) is 5.38. The van der Waals surface area contributed by atoms with E-state index in [2.05, 4.69) is 5.32 Å². The minimum atomic E-state index is -1.45. The predicted octanol–water partition coefficient (Wildman–Crippen LogP) is 2.35. The molecule has 1 aliphatic rings. The van der Waals surface area contributed by atoms with Gasteiger partial charge in [-0.2, -0.15) is 0 Å². The van der Waals surface area contributed by atoms with Crippen LogP contribution in [0, 0.1) is 22.9 Å². The summed E-state index contributed by atoms with van der Waals surface area (Å²) in [6, 6.07) is 2.05. The van der Waals surface area contributed by atoms with Gasteiger partial charge in [0.05, 0.1) is 6.10 Å². The molecule has 0 bridgehead atoms. The lowest BCUT2D eigenvalue weighted by Crippen LogP contribution is -2.59. The molecule has 2 unspecified atom stereocenters. The monoisotopic (exact) mass is 259 g/mol. The van der Waals surface area contributed by atoms with Crippen LogP contribution in [0.25, 0.3) is 0 Å². The third kappa shape index (κ3) is 2.24. The molecular weight excluding hydrogens is 243 g/mol. The van der Waals surface area contributed by atoms with Crippen LogP contribution >= 0.6 is 0 Å². The van der Waals surface area contributed by atoms with Crippen molar-refractivity contribution in [2.24, 2.45) is 5.41 Å². The van der Waals surface area contributed by atoms with Crippen molar-refractivity contribution in [3.05, 3.63) is 35.1 Å². The van der Waals surface area contributed by atoms with E-state index in [1.54, 1.807) is 0 Å². The molecule has 2 nitrogen and oxygen atoms in total. The Morgan fingerprint density at radius 1 is 1.28 bits per heavy atom. The van der Waals surface area contributed by atoms with Gasteiger partial charge in [-0.1, -0.05) is 13.8 Å². The van der Waals surface area contributed by atoms with Crippen LogP contribution in [-0.4, -0.2) is 17.3 Å².